The third-order valence-electron chi connectivity index (χ3n) is 10.4. The molecule has 0 bridgehead atoms. The molecule has 0 radical (unpaired) electrons. The molecule has 3 atom stereocenters. The van der Waals surface area contributed by atoms with E-state index in [0.29, 0.717) is 19.3 Å². The van der Waals surface area contributed by atoms with Crippen molar-refractivity contribution in [1.29, 1.82) is 0 Å². The van der Waals surface area contributed by atoms with Gasteiger partial charge in [0, 0.05) is 6.42 Å². The van der Waals surface area contributed by atoms with Gasteiger partial charge in [-0.05, 0) is 64.2 Å². The summed E-state index contributed by atoms with van der Waals surface area (Å²) in [6.07, 6.45) is 55.3. The number of nitrogens with one attached hydrogen (secondary N) is 1. The fraction of sp³-hybridized carbons (Fsp3) is 0.725. The second-order valence-electron chi connectivity index (χ2n) is 15.9. The number of unbranched alkanes of at least 4 members (excludes halogenated alkanes) is 21. The number of aliphatic hydroxyl groups is 2. The average molecular weight is 796 g/mol. The number of aliphatic hydroxyl groups excluding tert-OH is 2. The molecule has 328 valence electrons. The molecule has 0 saturated heterocycles. The van der Waals surface area contributed by atoms with Crippen molar-refractivity contribution >= 4 is 11.9 Å². The highest BCUT2D eigenvalue weighted by Crippen LogP contribution is 2.17. The van der Waals surface area contributed by atoms with E-state index in [1.54, 1.807) is 0 Å². The molecule has 0 aromatic rings. The molecule has 0 fully saturated rings. The number of carbonyl (C=O) groups is 2. The molecule has 1 amide bonds. The van der Waals surface area contributed by atoms with E-state index in [0.717, 1.165) is 96.3 Å². The molecule has 0 aromatic carbocycles. The summed E-state index contributed by atoms with van der Waals surface area (Å²) in [5.41, 5.74) is 0. The zero-order valence-electron chi connectivity index (χ0n) is 37.2. The van der Waals surface area contributed by atoms with E-state index in [1.165, 1.54) is 70.6 Å². The first-order valence-corrected chi connectivity index (χ1v) is 23.7. The van der Waals surface area contributed by atoms with Crippen molar-refractivity contribution in [1.82, 2.24) is 5.32 Å². The highest BCUT2D eigenvalue weighted by Gasteiger charge is 2.24. The van der Waals surface area contributed by atoms with Crippen molar-refractivity contribution in [2.24, 2.45) is 0 Å². The molecule has 3 unspecified atom stereocenters. The van der Waals surface area contributed by atoms with Crippen LogP contribution >= 0.6 is 0 Å². The Morgan fingerprint density at radius 1 is 0.526 bits per heavy atom. The molecule has 6 heteroatoms. The first-order valence-electron chi connectivity index (χ1n) is 23.7. The van der Waals surface area contributed by atoms with Gasteiger partial charge >= 0.3 is 5.97 Å². The fourth-order valence-electron chi connectivity index (χ4n) is 6.84. The minimum Gasteiger partial charge on any atom is -0.462 e. The maximum absolute atomic E-state index is 13.1. The van der Waals surface area contributed by atoms with E-state index in [-0.39, 0.29) is 24.9 Å². The van der Waals surface area contributed by atoms with Gasteiger partial charge in [0.25, 0.3) is 0 Å². The quantitative estimate of drug-likeness (QED) is 0.0325. The van der Waals surface area contributed by atoms with Gasteiger partial charge in [-0.1, -0.05) is 209 Å². The maximum atomic E-state index is 13.1. The smallest absolute Gasteiger partial charge is 0.306 e. The normalized spacial score (nSPS) is 14.0. The van der Waals surface area contributed by atoms with Crippen molar-refractivity contribution in [2.45, 2.75) is 232 Å². The second-order valence-corrected chi connectivity index (χ2v) is 15.9. The summed E-state index contributed by atoms with van der Waals surface area (Å²) < 4.78 is 5.90. The van der Waals surface area contributed by atoms with Crippen LogP contribution in [0, 0.1) is 0 Å². The largest absolute Gasteiger partial charge is 0.462 e. The Balaban J connectivity index is 4.65. The van der Waals surface area contributed by atoms with E-state index in [4.69, 9.17) is 4.74 Å². The first kappa shape index (κ1) is 54.3. The van der Waals surface area contributed by atoms with Crippen LogP contribution in [-0.4, -0.2) is 46.9 Å². The molecule has 0 spiro atoms. The van der Waals surface area contributed by atoms with Gasteiger partial charge < -0.3 is 20.3 Å². The maximum Gasteiger partial charge on any atom is 0.306 e. The highest BCUT2D eigenvalue weighted by molar-refractivity contribution is 5.77. The number of allylic oxidation sites excluding steroid dienone is 12. The van der Waals surface area contributed by atoms with Crippen LogP contribution in [0.3, 0.4) is 0 Å². The monoisotopic (exact) mass is 796 g/mol. The molecule has 0 aliphatic rings. The Bertz CT molecular complexity index is 1070. The topological polar surface area (TPSA) is 95.9 Å². The fourth-order valence-corrected chi connectivity index (χ4v) is 6.84. The molecule has 57 heavy (non-hydrogen) atoms. The van der Waals surface area contributed by atoms with Crippen LogP contribution in [0.1, 0.15) is 213 Å². The molecular weight excluding hydrogens is 707 g/mol. The Morgan fingerprint density at radius 2 is 0.947 bits per heavy atom. The van der Waals surface area contributed by atoms with Crippen molar-refractivity contribution in [3.05, 3.63) is 72.9 Å². The van der Waals surface area contributed by atoms with Crippen molar-refractivity contribution in [3.63, 3.8) is 0 Å². The van der Waals surface area contributed by atoms with Gasteiger partial charge in [-0.3, -0.25) is 9.59 Å². The van der Waals surface area contributed by atoms with E-state index in [2.05, 4.69) is 99.0 Å². The Labute approximate surface area is 351 Å². The van der Waals surface area contributed by atoms with Crippen LogP contribution in [0.2, 0.25) is 0 Å². The lowest BCUT2D eigenvalue weighted by molar-refractivity contribution is -0.151. The number of esters is 1. The first-order chi connectivity index (χ1) is 28.0. The van der Waals surface area contributed by atoms with E-state index in [9.17, 15) is 19.8 Å². The Kier molecular flexibility index (Phi) is 42.3. The molecule has 0 rings (SSSR count). The molecule has 0 saturated carbocycles. The van der Waals surface area contributed by atoms with Gasteiger partial charge in [0.05, 0.1) is 25.2 Å². The highest BCUT2D eigenvalue weighted by atomic mass is 16.5. The molecular formula is C51H89NO5. The summed E-state index contributed by atoms with van der Waals surface area (Å²) in [4.78, 5) is 26.0. The zero-order valence-corrected chi connectivity index (χ0v) is 37.2. The number of amides is 1. The molecule has 6 nitrogen and oxygen atoms in total. The van der Waals surface area contributed by atoms with Gasteiger partial charge in [0.1, 0.15) is 6.10 Å². The number of hydrogen-bond acceptors (Lipinski definition) is 5. The summed E-state index contributed by atoms with van der Waals surface area (Å²) in [5, 5.41) is 23.6. The summed E-state index contributed by atoms with van der Waals surface area (Å²) >= 11 is 0. The van der Waals surface area contributed by atoms with Crippen LogP contribution in [-0.2, 0) is 14.3 Å². The van der Waals surface area contributed by atoms with Crippen molar-refractivity contribution in [3.8, 4) is 0 Å². The van der Waals surface area contributed by atoms with E-state index in [1.807, 2.05) is 0 Å². The molecule has 0 aliphatic heterocycles. The molecule has 0 aliphatic carbocycles. The lowest BCUT2D eigenvalue weighted by Gasteiger charge is -2.24. The predicted molar refractivity (Wildman–Crippen MR) is 245 cm³/mol. The Hall–Kier alpha value is -2.70. The number of ether oxygens (including phenoxy) is 1. The number of hydrogen-bond donors (Lipinski definition) is 3. The van der Waals surface area contributed by atoms with Gasteiger partial charge in [-0.15, -0.1) is 0 Å². The van der Waals surface area contributed by atoms with Crippen LogP contribution < -0.4 is 5.32 Å². The average Bonchev–Trinajstić information content (AvgIpc) is 3.20. The number of rotatable bonds is 41. The minimum atomic E-state index is -0.796. The number of carbonyl (C=O) groups excluding carboxylic acids is 2. The van der Waals surface area contributed by atoms with Gasteiger partial charge in [0.2, 0.25) is 5.91 Å². The molecule has 0 heterocycles. The predicted octanol–water partition coefficient (Wildman–Crippen LogP) is 13.8. The SMILES string of the molecule is CC/C=C/C=C/C=C/CCCCCCCCCC(=O)OC(CCCCCCC/C=C/C=C/C=C/CC)CC(=O)NC(CO)C(O)CCCCCCCCCCCC. The van der Waals surface area contributed by atoms with Gasteiger partial charge in [0.15, 0.2) is 0 Å². The minimum absolute atomic E-state index is 0.0559. The Morgan fingerprint density at radius 3 is 1.42 bits per heavy atom. The molecule has 0 aromatic heterocycles. The standard InChI is InChI=1S/C51H89NO5/c1-4-7-10-13-16-19-22-24-25-27-29-32-35-38-41-44-51(56)57-47(42-39-36-33-30-28-26-23-20-17-14-11-8-5-2)45-50(55)52-48(46-53)49(54)43-40-37-34-31-21-18-15-12-9-6-3/h7-8,10-11,13-14,16-17,19-20,22-23,47-49,53-54H,4-6,9,12,15,18,21,24-46H2,1-3H3,(H,52,55)/b10-7+,11-8+,16-13+,17-14+,22-19+,23-20+. The summed E-state index contributed by atoms with van der Waals surface area (Å²) in [6.45, 7) is 6.19. The lowest BCUT2D eigenvalue weighted by Crippen LogP contribution is -2.46. The van der Waals surface area contributed by atoms with Crippen molar-refractivity contribution < 1.29 is 24.5 Å². The lowest BCUT2D eigenvalue weighted by atomic mass is 10.0. The summed E-state index contributed by atoms with van der Waals surface area (Å²) in [5.74, 6) is -0.513. The van der Waals surface area contributed by atoms with Gasteiger partial charge in [-0.25, -0.2) is 0 Å². The van der Waals surface area contributed by atoms with Crippen LogP contribution in [0.5, 0.6) is 0 Å². The third kappa shape index (κ3) is 39.9. The summed E-state index contributed by atoms with van der Waals surface area (Å²) in [6, 6.07) is -0.712. The second kappa shape index (κ2) is 44.4. The van der Waals surface area contributed by atoms with Crippen molar-refractivity contribution in [2.75, 3.05) is 6.61 Å². The van der Waals surface area contributed by atoms with E-state index >= 15 is 0 Å². The van der Waals surface area contributed by atoms with Gasteiger partial charge in [-0.2, -0.15) is 0 Å². The van der Waals surface area contributed by atoms with Crippen LogP contribution in [0.25, 0.3) is 0 Å². The third-order valence-corrected chi connectivity index (χ3v) is 10.4. The molecule has 3 N–H and O–H groups in total. The van der Waals surface area contributed by atoms with Crippen LogP contribution in [0.4, 0.5) is 0 Å². The van der Waals surface area contributed by atoms with Crippen LogP contribution in [0.15, 0.2) is 72.9 Å². The summed E-state index contributed by atoms with van der Waals surface area (Å²) in [7, 11) is 0. The van der Waals surface area contributed by atoms with E-state index < -0.39 is 18.2 Å². The zero-order chi connectivity index (χ0) is 41.7.